The van der Waals surface area contributed by atoms with Crippen LogP contribution >= 0.6 is 0 Å². The Morgan fingerprint density at radius 3 is 2.43 bits per heavy atom. The van der Waals surface area contributed by atoms with Crippen molar-refractivity contribution < 1.29 is 24.2 Å². The van der Waals surface area contributed by atoms with Gasteiger partial charge >= 0.3 is 5.97 Å². The van der Waals surface area contributed by atoms with Crippen LogP contribution in [0.1, 0.15) is 37.8 Å². The molecule has 2 aromatic carbocycles. The van der Waals surface area contributed by atoms with Gasteiger partial charge in [0.2, 0.25) is 5.91 Å². The average molecular weight is 385 g/mol. The fourth-order valence-electron chi connectivity index (χ4n) is 3.03. The number of rotatable bonds is 10. The van der Waals surface area contributed by atoms with Gasteiger partial charge in [-0.05, 0) is 55.7 Å². The van der Waals surface area contributed by atoms with Crippen LogP contribution in [0.25, 0.3) is 0 Å². The number of aryl methyl sites for hydroxylation is 1. The first-order chi connectivity index (χ1) is 13.4. The lowest BCUT2D eigenvalue weighted by Crippen LogP contribution is -2.45. The Kier molecular flexibility index (Phi) is 7.44. The number of carboxylic acids is 1. The van der Waals surface area contributed by atoms with Gasteiger partial charge in [0, 0.05) is 6.42 Å². The lowest BCUT2D eigenvalue weighted by atomic mass is 9.88. The van der Waals surface area contributed by atoms with Crippen LogP contribution in [-0.2, 0) is 21.5 Å². The van der Waals surface area contributed by atoms with Gasteiger partial charge in [-0.2, -0.15) is 0 Å². The van der Waals surface area contributed by atoms with E-state index in [1.54, 1.807) is 38.3 Å². The van der Waals surface area contributed by atoms with Crippen LogP contribution in [0.3, 0.4) is 0 Å². The molecule has 1 amide bonds. The first-order valence-corrected chi connectivity index (χ1v) is 9.25. The molecule has 0 aliphatic rings. The fourth-order valence-corrected chi connectivity index (χ4v) is 3.03. The van der Waals surface area contributed by atoms with Crippen molar-refractivity contribution in [3.63, 3.8) is 0 Å². The molecule has 0 radical (unpaired) electrons. The Bertz CT molecular complexity index is 803. The van der Waals surface area contributed by atoms with Crippen molar-refractivity contribution in [2.75, 3.05) is 13.7 Å². The molecule has 2 N–H and O–H groups in total. The highest BCUT2D eigenvalue weighted by Crippen LogP contribution is 2.28. The van der Waals surface area contributed by atoms with E-state index >= 15 is 0 Å². The highest BCUT2D eigenvalue weighted by atomic mass is 16.5. The second-order valence-corrected chi connectivity index (χ2v) is 6.76. The largest absolute Gasteiger partial charge is 0.497 e. The van der Waals surface area contributed by atoms with Crippen molar-refractivity contribution in [3.05, 3.63) is 59.7 Å². The number of methoxy groups -OCH3 is 1. The fraction of sp³-hybridized carbons (Fsp3) is 0.364. The first-order valence-electron chi connectivity index (χ1n) is 9.25. The number of ether oxygens (including phenoxy) is 2. The third-order valence-electron chi connectivity index (χ3n) is 4.50. The maximum absolute atomic E-state index is 12.6. The standard InChI is InChI=1S/C22H27NO5/c1-4-28-18-11-8-16(9-12-18)10-13-20(24)23-22(2,15-21(25)26)17-6-5-7-19(14-17)27-3/h5-9,11-12,14H,4,10,13,15H2,1-3H3,(H,23,24)(H,25,26). The summed E-state index contributed by atoms with van der Waals surface area (Å²) < 4.78 is 10.6. The van der Waals surface area contributed by atoms with Crippen LogP contribution in [0.2, 0.25) is 0 Å². The Morgan fingerprint density at radius 2 is 1.82 bits per heavy atom. The Hall–Kier alpha value is -3.02. The normalized spacial score (nSPS) is 12.7. The van der Waals surface area contributed by atoms with Gasteiger partial charge in [-0.25, -0.2) is 0 Å². The van der Waals surface area contributed by atoms with Crippen molar-refractivity contribution in [3.8, 4) is 11.5 Å². The number of carbonyl (C=O) groups is 2. The second kappa shape index (κ2) is 9.78. The van der Waals surface area contributed by atoms with Crippen molar-refractivity contribution in [2.45, 2.75) is 38.6 Å². The van der Waals surface area contributed by atoms with E-state index in [2.05, 4.69) is 5.32 Å². The predicted molar refractivity (Wildman–Crippen MR) is 107 cm³/mol. The summed E-state index contributed by atoms with van der Waals surface area (Å²) in [4.78, 5) is 23.9. The molecule has 0 aliphatic heterocycles. The number of aliphatic carboxylic acids is 1. The zero-order chi connectivity index (χ0) is 20.6. The zero-order valence-electron chi connectivity index (χ0n) is 16.5. The minimum atomic E-state index is -1.03. The number of carbonyl (C=O) groups excluding carboxylic acids is 1. The second-order valence-electron chi connectivity index (χ2n) is 6.76. The van der Waals surface area contributed by atoms with Crippen LogP contribution in [0, 0.1) is 0 Å². The molecule has 6 nitrogen and oxygen atoms in total. The molecule has 0 heterocycles. The number of carboxylic acid groups (broad SMARTS) is 1. The molecule has 1 atom stereocenters. The first kappa shape index (κ1) is 21.3. The Balaban J connectivity index is 2.06. The lowest BCUT2D eigenvalue weighted by molar-refractivity contribution is -0.139. The topological polar surface area (TPSA) is 84.9 Å². The Labute approximate surface area is 165 Å². The van der Waals surface area contributed by atoms with Crippen LogP contribution in [0.4, 0.5) is 0 Å². The molecular weight excluding hydrogens is 358 g/mol. The van der Waals surface area contributed by atoms with Gasteiger partial charge < -0.3 is 19.9 Å². The third kappa shape index (κ3) is 6.01. The summed E-state index contributed by atoms with van der Waals surface area (Å²) in [7, 11) is 1.54. The van der Waals surface area contributed by atoms with E-state index in [1.165, 1.54) is 0 Å². The van der Waals surface area contributed by atoms with Crippen LogP contribution < -0.4 is 14.8 Å². The van der Waals surface area contributed by atoms with Crippen molar-refractivity contribution in [1.29, 1.82) is 0 Å². The molecule has 2 rings (SSSR count). The number of benzene rings is 2. The van der Waals surface area contributed by atoms with Crippen LogP contribution in [0.5, 0.6) is 11.5 Å². The molecule has 2 aromatic rings. The molecule has 28 heavy (non-hydrogen) atoms. The highest BCUT2D eigenvalue weighted by Gasteiger charge is 2.31. The molecule has 0 fully saturated rings. The summed E-state index contributed by atoms with van der Waals surface area (Å²) in [5.74, 6) is 0.207. The maximum atomic E-state index is 12.6. The summed E-state index contributed by atoms with van der Waals surface area (Å²) in [6, 6.07) is 14.7. The monoisotopic (exact) mass is 385 g/mol. The molecule has 6 heteroatoms. The molecule has 0 spiro atoms. The van der Waals surface area contributed by atoms with E-state index in [9.17, 15) is 14.7 Å². The third-order valence-corrected chi connectivity index (χ3v) is 4.50. The summed E-state index contributed by atoms with van der Waals surface area (Å²) in [5.41, 5.74) is 0.666. The molecule has 1 unspecified atom stereocenters. The van der Waals surface area contributed by atoms with Crippen molar-refractivity contribution >= 4 is 11.9 Å². The van der Waals surface area contributed by atoms with E-state index in [4.69, 9.17) is 9.47 Å². The lowest BCUT2D eigenvalue weighted by Gasteiger charge is -2.30. The highest BCUT2D eigenvalue weighted by molar-refractivity contribution is 5.79. The van der Waals surface area contributed by atoms with Gasteiger partial charge in [-0.3, -0.25) is 9.59 Å². The van der Waals surface area contributed by atoms with Crippen LogP contribution in [-0.4, -0.2) is 30.7 Å². The minimum absolute atomic E-state index is 0.208. The maximum Gasteiger partial charge on any atom is 0.306 e. The van der Waals surface area contributed by atoms with Gasteiger partial charge in [-0.15, -0.1) is 0 Å². The van der Waals surface area contributed by atoms with Gasteiger partial charge in [0.15, 0.2) is 0 Å². The number of nitrogens with one attached hydrogen (secondary N) is 1. The average Bonchev–Trinajstić information content (AvgIpc) is 2.67. The quantitative estimate of drug-likeness (QED) is 0.653. The van der Waals surface area contributed by atoms with Gasteiger partial charge in [0.1, 0.15) is 11.5 Å². The number of hydrogen-bond donors (Lipinski definition) is 2. The molecule has 0 aromatic heterocycles. The van der Waals surface area contributed by atoms with Gasteiger partial charge in [0.25, 0.3) is 0 Å². The molecule has 0 saturated carbocycles. The summed E-state index contributed by atoms with van der Waals surface area (Å²) in [6.45, 7) is 4.24. The molecule has 0 aliphatic carbocycles. The summed E-state index contributed by atoms with van der Waals surface area (Å²) >= 11 is 0. The zero-order valence-corrected chi connectivity index (χ0v) is 16.5. The van der Waals surface area contributed by atoms with E-state index in [0.717, 1.165) is 11.3 Å². The van der Waals surface area contributed by atoms with Gasteiger partial charge in [0.05, 0.1) is 25.7 Å². The predicted octanol–water partition coefficient (Wildman–Crippen LogP) is 3.53. The molecule has 0 bridgehead atoms. The van der Waals surface area contributed by atoms with Crippen molar-refractivity contribution in [2.24, 2.45) is 0 Å². The number of amides is 1. The van der Waals surface area contributed by atoms with Gasteiger partial charge in [-0.1, -0.05) is 24.3 Å². The number of hydrogen-bond acceptors (Lipinski definition) is 4. The summed E-state index contributed by atoms with van der Waals surface area (Å²) in [6.07, 6.45) is 0.585. The Morgan fingerprint density at radius 1 is 1.11 bits per heavy atom. The smallest absolute Gasteiger partial charge is 0.306 e. The minimum Gasteiger partial charge on any atom is -0.497 e. The summed E-state index contributed by atoms with van der Waals surface area (Å²) in [5, 5.41) is 12.2. The van der Waals surface area contributed by atoms with E-state index in [1.807, 2.05) is 31.2 Å². The van der Waals surface area contributed by atoms with Crippen molar-refractivity contribution in [1.82, 2.24) is 5.32 Å². The van der Waals surface area contributed by atoms with E-state index in [-0.39, 0.29) is 18.7 Å². The van der Waals surface area contributed by atoms with E-state index in [0.29, 0.717) is 24.3 Å². The van der Waals surface area contributed by atoms with Crippen LogP contribution in [0.15, 0.2) is 48.5 Å². The molecule has 0 saturated heterocycles. The SMILES string of the molecule is CCOc1ccc(CCC(=O)NC(C)(CC(=O)O)c2cccc(OC)c2)cc1. The molecule has 150 valence electrons. The van der Waals surface area contributed by atoms with E-state index < -0.39 is 11.5 Å². The molecular formula is C22H27NO5.